The SMILES string of the molecule is CCCC(CCO)CNc1ccc(N)nn1. The van der Waals surface area contributed by atoms with Gasteiger partial charge in [0.2, 0.25) is 0 Å². The highest BCUT2D eigenvalue weighted by atomic mass is 16.3. The first-order chi connectivity index (χ1) is 7.76. The molecule has 0 saturated heterocycles. The Balaban J connectivity index is 2.38. The summed E-state index contributed by atoms with van der Waals surface area (Å²) in [6, 6.07) is 3.53. The molecule has 0 aliphatic carbocycles. The van der Waals surface area contributed by atoms with Crippen LogP contribution in [-0.4, -0.2) is 28.5 Å². The first-order valence-electron chi connectivity index (χ1n) is 5.70. The Morgan fingerprint density at radius 3 is 2.75 bits per heavy atom. The fourth-order valence-electron chi connectivity index (χ4n) is 1.63. The fourth-order valence-corrected chi connectivity index (χ4v) is 1.63. The number of nitrogens with one attached hydrogen (secondary N) is 1. The lowest BCUT2D eigenvalue weighted by atomic mass is 10.0. The van der Waals surface area contributed by atoms with Gasteiger partial charge >= 0.3 is 0 Å². The highest BCUT2D eigenvalue weighted by molar-refractivity contribution is 5.38. The molecule has 0 fully saturated rings. The Morgan fingerprint density at radius 2 is 2.19 bits per heavy atom. The average Bonchev–Trinajstić information content (AvgIpc) is 2.29. The van der Waals surface area contributed by atoms with E-state index in [1.807, 2.05) is 6.07 Å². The van der Waals surface area contributed by atoms with Crippen molar-refractivity contribution in [2.75, 3.05) is 24.2 Å². The quantitative estimate of drug-likeness (QED) is 0.649. The average molecular weight is 224 g/mol. The number of nitrogens with two attached hydrogens (primary N) is 1. The third-order valence-corrected chi connectivity index (χ3v) is 2.49. The Hall–Kier alpha value is -1.36. The number of hydrogen-bond acceptors (Lipinski definition) is 5. The van der Waals surface area contributed by atoms with Crippen molar-refractivity contribution in [1.82, 2.24) is 10.2 Å². The van der Waals surface area contributed by atoms with Gasteiger partial charge in [-0.15, -0.1) is 10.2 Å². The molecule has 1 aromatic heterocycles. The summed E-state index contributed by atoms with van der Waals surface area (Å²) >= 11 is 0. The summed E-state index contributed by atoms with van der Waals surface area (Å²) in [5.74, 6) is 1.63. The molecule has 1 rings (SSSR count). The molecule has 0 aliphatic heterocycles. The lowest BCUT2D eigenvalue weighted by molar-refractivity contribution is 0.255. The normalized spacial score (nSPS) is 12.4. The van der Waals surface area contributed by atoms with Crippen LogP contribution < -0.4 is 11.1 Å². The van der Waals surface area contributed by atoms with Gasteiger partial charge in [0.05, 0.1) is 0 Å². The van der Waals surface area contributed by atoms with E-state index in [1.165, 1.54) is 0 Å². The third-order valence-electron chi connectivity index (χ3n) is 2.49. The minimum atomic E-state index is 0.236. The van der Waals surface area contributed by atoms with Crippen LogP contribution in [0.3, 0.4) is 0 Å². The number of rotatable bonds is 7. The second kappa shape index (κ2) is 7.00. The zero-order valence-electron chi connectivity index (χ0n) is 9.69. The maximum absolute atomic E-state index is 8.92. The lowest BCUT2D eigenvalue weighted by Gasteiger charge is -2.15. The van der Waals surface area contributed by atoms with Crippen molar-refractivity contribution in [2.24, 2.45) is 5.92 Å². The summed E-state index contributed by atoms with van der Waals surface area (Å²) in [5, 5.41) is 19.8. The van der Waals surface area contributed by atoms with Crippen molar-refractivity contribution < 1.29 is 5.11 Å². The molecule has 1 atom stereocenters. The van der Waals surface area contributed by atoms with Gasteiger partial charge in [-0.05, 0) is 30.9 Å². The van der Waals surface area contributed by atoms with E-state index in [9.17, 15) is 0 Å². The van der Waals surface area contributed by atoms with Crippen molar-refractivity contribution in [3.8, 4) is 0 Å². The molecule has 1 heterocycles. The van der Waals surface area contributed by atoms with Crippen molar-refractivity contribution in [2.45, 2.75) is 26.2 Å². The Bertz CT molecular complexity index is 283. The number of nitrogen functional groups attached to an aromatic ring is 1. The van der Waals surface area contributed by atoms with Crippen LogP contribution in [-0.2, 0) is 0 Å². The number of aromatic nitrogens is 2. The zero-order chi connectivity index (χ0) is 11.8. The molecule has 0 spiro atoms. The second-order valence-electron chi connectivity index (χ2n) is 3.89. The van der Waals surface area contributed by atoms with Crippen LogP contribution in [0.15, 0.2) is 12.1 Å². The van der Waals surface area contributed by atoms with E-state index >= 15 is 0 Å². The van der Waals surface area contributed by atoms with Crippen LogP contribution in [0.1, 0.15) is 26.2 Å². The van der Waals surface area contributed by atoms with Gasteiger partial charge in [-0.25, -0.2) is 0 Å². The van der Waals surface area contributed by atoms with Crippen molar-refractivity contribution in [3.05, 3.63) is 12.1 Å². The van der Waals surface area contributed by atoms with Gasteiger partial charge in [0.15, 0.2) is 0 Å². The molecule has 0 bridgehead atoms. The molecule has 5 heteroatoms. The Labute approximate surface area is 96.1 Å². The molecular weight excluding hydrogens is 204 g/mol. The van der Waals surface area contributed by atoms with E-state index in [2.05, 4.69) is 22.4 Å². The van der Waals surface area contributed by atoms with Crippen LogP contribution in [0.25, 0.3) is 0 Å². The summed E-state index contributed by atoms with van der Waals surface area (Å²) in [5.41, 5.74) is 5.44. The minimum absolute atomic E-state index is 0.236. The molecule has 0 aromatic carbocycles. The van der Waals surface area contributed by atoms with Gasteiger partial charge in [-0.2, -0.15) is 0 Å². The molecule has 0 saturated carbocycles. The van der Waals surface area contributed by atoms with Crippen molar-refractivity contribution >= 4 is 11.6 Å². The topological polar surface area (TPSA) is 84.1 Å². The first kappa shape index (κ1) is 12.7. The van der Waals surface area contributed by atoms with E-state index in [0.29, 0.717) is 11.7 Å². The molecule has 5 nitrogen and oxygen atoms in total. The van der Waals surface area contributed by atoms with E-state index in [1.54, 1.807) is 6.07 Å². The van der Waals surface area contributed by atoms with E-state index in [-0.39, 0.29) is 6.61 Å². The maximum atomic E-state index is 8.92. The molecular formula is C11H20N4O. The van der Waals surface area contributed by atoms with Gasteiger partial charge in [-0.3, -0.25) is 0 Å². The van der Waals surface area contributed by atoms with Crippen LogP contribution in [0.5, 0.6) is 0 Å². The first-order valence-corrected chi connectivity index (χ1v) is 5.70. The number of nitrogens with zero attached hydrogens (tertiary/aromatic N) is 2. The predicted molar refractivity (Wildman–Crippen MR) is 65.0 cm³/mol. The monoisotopic (exact) mass is 224 g/mol. The van der Waals surface area contributed by atoms with Crippen molar-refractivity contribution in [1.29, 1.82) is 0 Å². The molecule has 4 N–H and O–H groups in total. The van der Waals surface area contributed by atoms with E-state index in [4.69, 9.17) is 10.8 Å². The number of hydrogen-bond donors (Lipinski definition) is 3. The zero-order valence-corrected chi connectivity index (χ0v) is 9.69. The fraction of sp³-hybridized carbons (Fsp3) is 0.636. The van der Waals surface area contributed by atoms with Gasteiger partial charge in [0, 0.05) is 13.2 Å². The summed E-state index contributed by atoms with van der Waals surface area (Å²) in [6.07, 6.45) is 3.05. The largest absolute Gasteiger partial charge is 0.396 e. The van der Waals surface area contributed by atoms with Crippen LogP contribution in [0.2, 0.25) is 0 Å². The maximum Gasteiger partial charge on any atom is 0.148 e. The van der Waals surface area contributed by atoms with Gasteiger partial charge < -0.3 is 16.2 Å². The Morgan fingerprint density at radius 1 is 1.38 bits per heavy atom. The molecule has 90 valence electrons. The molecule has 1 aromatic rings. The third kappa shape index (κ3) is 4.44. The van der Waals surface area contributed by atoms with E-state index < -0.39 is 0 Å². The molecule has 0 radical (unpaired) electrons. The smallest absolute Gasteiger partial charge is 0.148 e. The molecule has 1 unspecified atom stereocenters. The van der Waals surface area contributed by atoms with Crippen LogP contribution in [0, 0.1) is 5.92 Å². The lowest BCUT2D eigenvalue weighted by Crippen LogP contribution is -2.16. The molecule has 0 aliphatic rings. The van der Waals surface area contributed by atoms with Gasteiger partial charge in [0.25, 0.3) is 0 Å². The summed E-state index contributed by atoms with van der Waals surface area (Å²) in [7, 11) is 0. The van der Waals surface area contributed by atoms with Crippen LogP contribution in [0.4, 0.5) is 11.6 Å². The highest BCUT2D eigenvalue weighted by Crippen LogP contribution is 2.12. The summed E-state index contributed by atoms with van der Waals surface area (Å²) < 4.78 is 0. The van der Waals surface area contributed by atoms with Crippen molar-refractivity contribution in [3.63, 3.8) is 0 Å². The standard InChI is InChI=1S/C11H20N4O/c1-2-3-9(6-7-16)8-13-11-5-4-10(12)14-15-11/h4-5,9,16H,2-3,6-8H2,1H3,(H2,12,14)(H,13,15). The van der Waals surface area contributed by atoms with Crippen LogP contribution >= 0.6 is 0 Å². The minimum Gasteiger partial charge on any atom is -0.396 e. The highest BCUT2D eigenvalue weighted by Gasteiger charge is 2.07. The molecule has 16 heavy (non-hydrogen) atoms. The summed E-state index contributed by atoms with van der Waals surface area (Å²) in [6.45, 7) is 3.19. The summed E-state index contributed by atoms with van der Waals surface area (Å²) in [4.78, 5) is 0. The van der Waals surface area contributed by atoms with E-state index in [0.717, 1.165) is 31.6 Å². The van der Waals surface area contributed by atoms with Gasteiger partial charge in [0.1, 0.15) is 11.6 Å². The number of anilines is 2. The number of aliphatic hydroxyl groups is 1. The number of aliphatic hydroxyl groups excluding tert-OH is 1. The predicted octanol–water partition coefficient (Wildman–Crippen LogP) is 1.27. The Kier molecular flexibility index (Phi) is 5.56. The molecule has 0 amide bonds. The second-order valence-corrected chi connectivity index (χ2v) is 3.89. The van der Waals surface area contributed by atoms with Gasteiger partial charge in [-0.1, -0.05) is 13.3 Å².